The quantitative estimate of drug-likeness (QED) is 0.454. The lowest BCUT2D eigenvalue weighted by molar-refractivity contribution is -0.122. The summed E-state index contributed by atoms with van der Waals surface area (Å²) in [5.41, 5.74) is 5.04. The zero-order valence-electron chi connectivity index (χ0n) is 18.4. The molecule has 0 saturated carbocycles. The third kappa shape index (κ3) is 5.14. The molecule has 1 amide bonds. The fourth-order valence-corrected chi connectivity index (χ4v) is 4.64. The van der Waals surface area contributed by atoms with Crippen molar-refractivity contribution in [3.05, 3.63) is 113 Å². The van der Waals surface area contributed by atoms with E-state index in [1.807, 2.05) is 0 Å². The zero-order valence-corrected chi connectivity index (χ0v) is 19.2. The van der Waals surface area contributed by atoms with E-state index in [-0.39, 0.29) is 11.3 Å². The first-order chi connectivity index (χ1) is 16.0. The van der Waals surface area contributed by atoms with E-state index < -0.39 is 44.7 Å². The van der Waals surface area contributed by atoms with E-state index in [1.54, 1.807) is 13.0 Å². The molecule has 0 aliphatic rings. The molecular formula is C25H23F3N2O3S. The van der Waals surface area contributed by atoms with Crippen molar-refractivity contribution in [3.8, 4) is 0 Å². The van der Waals surface area contributed by atoms with Crippen LogP contribution in [-0.2, 0) is 20.2 Å². The fourth-order valence-electron chi connectivity index (χ4n) is 4.07. The van der Waals surface area contributed by atoms with Crippen molar-refractivity contribution >= 4 is 21.6 Å². The van der Waals surface area contributed by atoms with Gasteiger partial charge in [-0.1, -0.05) is 42.5 Å². The van der Waals surface area contributed by atoms with Gasteiger partial charge in [-0.2, -0.15) is 0 Å². The van der Waals surface area contributed by atoms with Crippen molar-refractivity contribution < 1.29 is 26.4 Å². The standard InChI is InChI=1S/C25H23F3N2O3S/c1-3-14-25(24(29)31,18-8-13-22(21(28)15-18)30-34(2,32)33)23(16-4-9-19(26)10-5-16)17-6-11-20(27)12-7-17/h3-15,23,30H,1-2H3,(H2,29,31). The third-order valence-corrected chi connectivity index (χ3v) is 6.03. The van der Waals surface area contributed by atoms with Crippen LogP contribution >= 0.6 is 0 Å². The van der Waals surface area contributed by atoms with Crippen LogP contribution in [0.3, 0.4) is 0 Å². The Morgan fingerprint density at radius 1 is 0.941 bits per heavy atom. The number of rotatable bonds is 8. The highest BCUT2D eigenvalue weighted by atomic mass is 32.2. The minimum absolute atomic E-state index is 0.133. The van der Waals surface area contributed by atoms with Gasteiger partial charge in [-0.15, -0.1) is 0 Å². The molecule has 0 saturated heterocycles. The van der Waals surface area contributed by atoms with E-state index in [2.05, 4.69) is 4.72 Å². The molecule has 9 heteroatoms. The average Bonchev–Trinajstić information content (AvgIpc) is 2.76. The molecular weight excluding hydrogens is 465 g/mol. The fraction of sp³-hybridized carbons (Fsp3) is 0.160. The van der Waals surface area contributed by atoms with Gasteiger partial charge in [0.25, 0.3) is 0 Å². The van der Waals surface area contributed by atoms with Gasteiger partial charge in [0.2, 0.25) is 15.9 Å². The number of sulfonamides is 1. The van der Waals surface area contributed by atoms with Gasteiger partial charge in [-0.3, -0.25) is 9.52 Å². The summed E-state index contributed by atoms with van der Waals surface area (Å²) in [4.78, 5) is 13.1. The number of nitrogens with two attached hydrogens (primary N) is 1. The van der Waals surface area contributed by atoms with Gasteiger partial charge < -0.3 is 5.73 Å². The molecule has 0 fully saturated rings. The van der Waals surface area contributed by atoms with E-state index >= 15 is 0 Å². The number of nitrogens with one attached hydrogen (secondary N) is 1. The number of amides is 1. The van der Waals surface area contributed by atoms with Crippen LogP contribution < -0.4 is 10.5 Å². The van der Waals surface area contributed by atoms with E-state index in [9.17, 15) is 26.4 Å². The minimum Gasteiger partial charge on any atom is -0.369 e. The number of benzene rings is 3. The van der Waals surface area contributed by atoms with Gasteiger partial charge in [-0.25, -0.2) is 21.6 Å². The van der Waals surface area contributed by atoms with E-state index in [1.165, 1.54) is 66.7 Å². The Kier molecular flexibility index (Phi) is 7.16. The maximum Gasteiger partial charge on any atom is 0.232 e. The summed E-state index contributed by atoms with van der Waals surface area (Å²) in [6, 6.07) is 14.4. The third-order valence-electron chi connectivity index (χ3n) is 5.44. The summed E-state index contributed by atoms with van der Waals surface area (Å²) >= 11 is 0. The van der Waals surface area contributed by atoms with Gasteiger partial charge in [0.1, 0.15) is 22.9 Å². The molecule has 5 nitrogen and oxygen atoms in total. The predicted octanol–water partition coefficient (Wildman–Crippen LogP) is 4.61. The maximum atomic E-state index is 15.0. The lowest BCUT2D eigenvalue weighted by atomic mass is 9.64. The molecule has 34 heavy (non-hydrogen) atoms. The van der Waals surface area contributed by atoms with Crippen LogP contribution in [-0.4, -0.2) is 20.6 Å². The second-order valence-electron chi connectivity index (χ2n) is 7.84. The van der Waals surface area contributed by atoms with Crippen LogP contribution in [0.4, 0.5) is 18.9 Å². The first kappa shape index (κ1) is 25.0. The van der Waals surface area contributed by atoms with Crippen molar-refractivity contribution in [1.82, 2.24) is 0 Å². The van der Waals surface area contributed by atoms with Crippen LogP contribution in [0, 0.1) is 17.5 Å². The smallest absolute Gasteiger partial charge is 0.232 e. The van der Waals surface area contributed by atoms with Crippen molar-refractivity contribution in [3.63, 3.8) is 0 Å². The Balaban J connectivity index is 2.33. The Labute approximate surface area is 196 Å². The second-order valence-corrected chi connectivity index (χ2v) is 9.59. The van der Waals surface area contributed by atoms with E-state index in [0.29, 0.717) is 11.1 Å². The molecule has 0 aliphatic heterocycles. The summed E-state index contributed by atoms with van der Waals surface area (Å²) in [6.07, 6.45) is 3.96. The number of halogens is 3. The van der Waals surface area contributed by atoms with Gasteiger partial charge >= 0.3 is 0 Å². The summed E-state index contributed by atoms with van der Waals surface area (Å²) < 4.78 is 67.6. The Morgan fingerprint density at radius 2 is 1.44 bits per heavy atom. The molecule has 178 valence electrons. The molecule has 0 aliphatic carbocycles. The number of hydrogen-bond acceptors (Lipinski definition) is 3. The van der Waals surface area contributed by atoms with Gasteiger partial charge in [0, 0.05) is 5.92 Å². The molecule has 3 rings (SSSR count). The highest BCUT2D eigenvalue weighted by Crippen LogP contribution is 2.45. The first-order valence-electron chi connectivity index (χ1n) is 10.2. The normalized spacial score (nSPS) is 13.7. The predicted molar refractivity (Wildman–Crippen MR) is 125 cm³/mol. The van der Waals surface area contributed by atoms with Crippen LogP contribution in [0.25, 0.3) is 0 Å². The lowest BCUT2D eigenvalue weighted by Gasteiger charge is -2.37. The molecule has 0 spiro atoms. The maximum absolute atomic E-state index is 15.0. The van der Waals surface area contributed by atoms with Crippen molar-refractivity contribution in [2.75, 3.05) is 11.0 Å². The Morgan fingerprint density at radius 3 is 1.82 bits per heavy atom. The van der Waals surface area contributed by atoms with E-state index in [0.717, 1.165) is 12.3 Å². The molecule has 3 aromatic rings. The molecule has 1 unspecified atom stereocenters. The van der Waals surface area contributed by atoms with Gasteiger partial charge in [-0.05, 0) is 60.0 Å². The van der Waals surface area contributed by atoms with Crippen molar-refractivity contribution in [2.45, 2.75) is 18.3 Å². The Bertz CT molecular complexity index is 1280. The first-order valence-corrected chi connectivity index (χ1v) is 12.1. The Hall–Kier alpha value is -3.59. The highest BCUT2D eigenvalue weighted by Gasteiger charge is 2.46. The molecule has 3 aromatic carbocycles. The summed E-state index contributed by atoms with van der Waals surface area (Å²) in [6.45, 7) is 1.65. The van der Waals surface area contributed by atoms with Crippen LogP contribution in [0.15, 0.2) is 78.9 Å². The molecule has 0 bridgehead atoms. The SMILES string of the molecule is CC=CC(C(N)=O)(c1ccc(NS(C)(=O)=O)c(F)c1)C(c1ccc(F)cc1)c1ccc(F)cc1. The minimum atomic E-state index is -3.75. The number of carbonyl (C=O) groups excluding carboxylic acids is 1. The van der Waals surface area contributed by atoms with Crippen LogP contribution in [0.2, 0.25) is 0 Å². The summed E-state index contributed by atoms with van der Waals surface area (Å²) in [7, 11) is -3.75. The molecule has 0 radical (unpaired) electrons. The van der Waals surface area contributed by atoms with Crippen molar-refractivity contribution in [2.24, 2.45) is 5.73 Å². The number of allylic oxidation sites excluding steroid dienone is 1. The van der Waals surface area contributed by atoms with Crippen LogP contribution in [0.1, 0.15) is 29.5 Å². The van der Waals surface area contributed by atoms with E-state index in [4.69, 9.17) is 5.73 Å². The molecule has 3 N–H and O–H groups in total. The average molecular weight is 489 g/mol. The summed E-state index contributed by atoms with van der Waals surface area (Å²) in [5.74, 6) is -3.66. The van der Waals surface area contributed by atoms with Gasteiger partial charge in [0.15, 0.2) is 0 Å². The molecule has 1 atom stereocenters. The number of anilines is 1. The van der Waals surface area contributed by atoms with Crippen molar-refractivity contribution in [1.29, 1.82) is 0 Å². The highest BCUT2D eigenvalue weighted by molar-refractivity contribution is 7.92. The number of hydrogen-bond donors (Lipinski definition) is 2. The second kappa shape index (κ2) is 9.72. The zero-order chi connectivity index (χ0) is 25.1. The molecule has 0 heterocycles. The number of carbonyl (C=O) groups is 1. The topological polar surface area (TPSA) is 89.3 Å². The number of primary amides is 1. The van der Waals surface area contributed by atoms with Gasteiger partial charge in [0.05, 0.1) is 11.9 Å². The largest absolute Gasteiger partial charge is 0.369 e. The lowest BCUT2D eigenvalue weighted by Crippen LogP contribution is -2.45. The monoisotopic (exact) mass is 488 g/mol. The molecule has 0 aromatic heterocycles. The van der Waals surface area contributed by atoms with Crippen LogP contribution in [0.5, 0.6) is 0 Å². The summed E-state index contributed by atoms with van der Waals surface area (Å²) in [5, 5.41) is 0.